The molecule has 15 heavy (non-hydrogen) atoms. The number of para-hydroxylation sites is 1. The number of carbonyl (C=O) groups excluding carboxylic acids is 1. The standard InChI is InChI=1S/C11H9ClN2O/c12-10-5-7(6-11(13)15)8-3-1-2-4-9(8)14-10/h1-5H,6H2,(H2,13,15). The molecule has 1 amide bonds. The molecule has 0 saturated carbocycles. The molecule has 2 N–H and O–H groups in total. The van der Waals surface area contributed by atoms with Crippen LogP contribution in [-0.4, -0.2) is 10.9 Å². The first-order valence-corrected chi connectivity index (χ1v) is 4.87. The van der Waals surface area contributed by atoms with Gasteiger partial charge in [0.2, 0.25) is 5.91 Å². The largest absolute Gasteiger partial charge is 0.369 e. The van der Waals surface area contributed by atoms with Gasteiger partial charge >= 0.3 is 0 Å². The van der Waals surface area contributed by atoms with E-state index in [0.717, 1.165) is 16.5 Å². The van der Waals surface area contributed by atoms with Crippen molar-refractivity contribution < 1.29 is 4.79 Å². The number of halogens is 1. The third kappa shape index (κ3) is 2.07. The summed E-state index contributed by atoms with van der Waals surface area (Å²) in [6.45, 7) is 0. The van der Waals surface area contributed by atoms with Crippen molar-refractivity contribution in [3.8, 4) is 0 Å². The fraction of sp³-hybridized carbons (Fsp3) is 0.0909. The molecular weight excluding hydrogens is 212 g/mol. The summed E-state index contributed by atoms with van der Waals surface area (Å²) >= 11 is 5.84. The maximum atomic E-state index is 10.9. The Balaban J connectivity index is 2.65. The number of nitrogens with zero attached hydrogens (tertiary/aromatic N) is 1. The van der Waals surface area contributed by atoms with E-state index in [1.807, 2.05) is 24.3 Å². The predicted molar refractivity (Wildman–Crippen MR) is 59.7 cm³/mol. The quantitative estimate of drug-likeness (QED) is 0.787. The van der Waals surface area contributed by atoms with Crippen LogP contribution in [0.1, 0.15) is 5.56 Å². The van der Waals surface area contributed by atoms with Gasteiger partial charge in [-0.1, -0.05) is 29.8 Å². The second-order valence-corrected chi connectivity index (χ2v) is 3.65. The van der Waals surface area contributed by atoms with Crippen molar-refractivity contribution in [2.75, 3.05) is 0 Å². The van der Waals surface area contributed by atoms with E-state index in [4.69, 9.17) is 17.3 Å². The van der Waals surface area contributed by atoms with E-state index in [1.165, 1.54) is 0 Å². The number of benzene rings is 1. The van der Waals surface area contributed by atoms with Crippen molar-refractivity contribution in [3.05, 3.63) is 41.0 Å². The highest BCUT2D eigenvalue weighted by Crippen LogP contribution is 2.20. The molecule has 3 nitrogen and oxygen atoms in total. The minimum atomic E-state index is -0.373. The van der Waals surface area contributed by atoms with Crippen LogP contribution >= 0.6 is 11.6 Å². The number of fused-ring (bicyclic) bond motifs is 1. The van der Waals surface area contributed by atoms with Crippen molar-refractivity contribution >= 4 is 28.4 Å². The summed E-state index contributed by atoms with van der Waals surface area (Å²) in [6.07, 6.45) is 0.183. The van der Waals surface area contributed by atoms with Gasteiger partial charge in [-0.3, -0.25) is 4.79 Å². The number of hydrogen-bond donors (Lipinski definition) is 1. The SMILES string of the molecule is NC(=O)Cc1cc(Cl)nc2ccccc12. The van der Waals surface area contributed by atoms with Crippen LogP contribution in [0.4, 0.5) is 0 Å². The van der Waals surface area contributed by atoms with Gasteiger partial charge in [0.25, 0.3) is 0 Å². The summed E-state index contributed by atoms with van der Waals surface area (Å²) in [7, 11) is 0. The van der Waals surface area contributed by atoms with Gasteiger partial charge in [0.15, 0.2) is 0 Å². The Labute approximate surface area is 91.9 Å². The molecule has 4 heteroatoms. The molecule has 0 aliphatic carbocycles. The lowest BCUT2D eigenvalue weighted by Gasteiger charge is -2.04. The van der Waals surface area contributed by atoms with Crippen molar-refractivity contribution in [2.24, 2.45) is 5.73 Å². The van der Waals surface area contributed by atoms with E-state index >= 15 is 0 Å². The van der Waals surface area contributed by atoms with Gasteiger partial charge in [-0.25, -0.2) is 4.98 Å². The van der Waals surface area contributed by atoms with Crippen LogP contribution in [-0.2, 0) is 11.2 Å². The molecular formula is C11H9ClN2O. The molecule has 2 rings (SSSR count). The summed E-state index contributed by atoms with van der Waals surface area (Å²) in [6, 6.07) is 9.19. The van der Waals surface area contributed by atoms with Crippen molar-refractivity contribution in [3.63, 3.8) is 0 Å². The molecule has 1 heterocycles. The highest BCUT2D eigenvalue weighted by Gasteiger charge is 2.06. The number of carbonyl (C=O) groups is 1. The maximum absolute atomic E-state index is 10.9. The summed E-state index contributed by atoms with van der Waals surface area (Å²) in [5.74, 6) is -0.373. The lowest BCUT2D eigenvalue weighted by molar-refractivity contribution is -0.117. The Bertz CT molecular complexity index is 525. The smallest absolute Gasteiger partial charge is 0.221 e. The number of hydrogen-bond acceptors (Lipinski definition) is 2. The minimum Gasteiger partial charge on any atom is -0.369 e. The molecule has 0 saturated heterocycles. The van der Waals surface area contributed by atoms with E-state index in [2.05, 4.69) is 4.98 Å². The Morgan fingerprint density at radius 3 is 2.87 bits per heavy atom. The van der Waals surface area contributed by atoms with E-state index in [9.17, 15) is 4.79 Å². The predicted octanol–water partition coefficient (Wildman–Crippen LogP) is 1.92. The van der Waals surface area contributed by atoms with E-state index in [1.54, 1.807) is 6.07 Å². The first kappa shape index (κ1) is 9.93. The van der Waals surface area contributed by atoms with Gasteiger partial charge in [-0.2, -0.15) is 0 Å². The van der Waals surface area contributed by atoms with Crippen molar-refractivity contribution in [1.29, 1.82) is 0 Å². The van der Waals surface area contributed by atoms with Gasteiger partial charge in [0, 0.05) is 5.39 Å². The first-order chi connectivity index (χ1) is 7.16. The normalized spacial score (nSPS) is 10.5. The number of pyridine rings is 1. The van der Waals surface area contributed by atoms with E-state index in [0.29, 0.717) is 5.15 Å². The monoisotopic (exact) mass is 220 g/mol. The van der Waals surface area contributed by atoms with E-state index < -0.39 is 0 Å². The fourth-order valence-electron chi connectivity index (χ4n) is 1.55. The van der Waals surface area contributed by atoms with Crippen LogP contribution < -0.4 is 5.73 Å². The average Bonchev–Trinajstić information content (AvgIpc) is 2.16. The first-order valence-electron chi connectivity index (χ1n) is 4.49. The third-order valence-corrected chi connectivity index (χ3v) is 2.33. The number of rotatable bonds is 2. The van der Waals surface area contributed by atoms with Crippen LogP contribution in [0.25, 0.3) is 10.9 Å². The Hall–Kier alpha value is -1.61. The summed E-state index contributed by atoms with van der Waals surface area (Å²) in [5, 5.41) is 1.30. The number of primary amides is 1. The molecule has 0 aliphatic rings. The molecule has 2 aromatic rings. The lowest BCUT2D eigenvalue weighted by Crippen LogP contribution is -2.14. The van der Waals surface area contributed by atoms with Gasteiger partial charge < -0.3 is 5.73 Å². The summed E-state index contributed by atoms with van der Waals surface area (Å²) in [4.78, 5) is 15.0. The lowest BCUT2D eigenvalue weighted by atomic mass is 10.1. The maximum Gasteiger partial charge on any atom is 0.221 e. The zero-order valence-electron chi connectivity index (χ0n) is 7.90. The molecule has 0 fully saturated rings. The Kier molecular flexibility index (Phi) is 2.56. The molecule has 1 aromatic heterocycles. The Morgan fingerprint density at radius 2 is 2.13 bits per heavy atom. The highest BCUT2D eigenvalue weighted by molar-refractivity contribution is 6.30. The molecule has 0 aliphatic heterocycles. The summed E-state index contributed by atoms with van der Waals surface area (Å²) < 4.78 is 0. The minimum absolute atomic E-state index is 0.183. The van der Waals surface area contributed by atoms with Gasteiger partial charge in [-0.05, 0) is 17.7 Å². The van der Waals surface area contributed by atoms with E-state index in [-0.39, 0.29) is 12.3 Å². The molecule has 76 valence electrons. The second kappa shape index (κ2) is 3.87. The molecule has 0 radical (unpaired) electrons. The van der Waals surface area contributed by atoms with Crippen LogP contribution in [0.15, 0.2) is 30.3 Å². The van der Waals surface area contributed by atoms with Crippen LogP contribution in [0.5, 0.6) is 0 Å². The zero-order valence-corrected chi connectivity index (χ0v) is 8.66. The highest BCUT2D eigenvalue weighted by atomic mass is 35.5. The molecule has 0 unspecified atom stereocenters. The molecule has 0 spiro atoms. The third-order valence-electron chi connectivity index (χ3n) is 2.14. The Morgan fingerprint density at radius 1 is 1.40 bits per heavy atom. The zero-order chi connectivity index (χ0) is 10.8. The second-order valence-electron chi connectivity index (χ2n) is 3.26. The van der Waals surface area contributed by atoms with Crippen LogP contribution in [0, 0.1) is 0 Å². The van der Waals surface area contributed by atoms with Gasteiger partial charge in [0.05, 0.1) is 11.9 Å². The van der Waals surface area contributed by atoms with Crippen LogP contribution in [0.3, 0.4) is 0 Å². The number of aromatic nitrogens is 1. The topological polar surface area (TPSA) is 56.0 Å². The fourth-order valence-corrected chi connectivity index (χ4v) is 1.77. The van der Waals surface area contributed by atoms with Crippen molar-refractivity contribution in [1.82, 2.24) is 4.98 Å². The van der Waals surface area contributed by atoms with Gasteiger partial charge in [-0.15, -0.1) is 0 Å². The summed E-state index contributed by atoms with van der Waals surface area (Å²) in [5.41, 5.74) is 6.76. The molecule has 0 bridgehead atoms. The van der Waals surface area contributed by atoms with Crippen LogP contribution in [0.2, 0.25) is 5.15 Å². The van der Waals surface area contributed by atoms with Crippen molar-refractivity contribution in [2.45, 2.75) is 6.42 Å². The molecule has 1 aromatic carbocycles. The number of amides is 1. The molecule has 0 atom stereocenters. The van der Waals surface area contributed by atoms with Gasteiger partial charge in [0.1, 0.15) is 5.15 Å². The number of nitrogens with two attached hydrogens (primary N) is 1. The average molecular weight is 221 g/mol.